The van der Waals surface area contributed by atoms with Crippen molar-refractivity contribution in [3.63, 3.8) is 0 Å². The predicted molar refractivity (Wildman–Crippen MR) is 64.3 cm³/mol. The molecular weight excluding hydrogens is 230 g/mol. The van der Waals surface area contributed by atoms with Gasteiger partial charge in [-0.05, 0) is 36.5 Å². The summed E-state index contributed by atoms with van der Waals surface area (Å²) in [4.78, 5) is 24.3. The maximum absolute atomic E-state index is 12.2. The third kappa shape index (κ3) is 0.744. The van der Waals surface area contributed by atoms with Crippen LogP contribution in [0.2, 0.25) is 0 Å². The first-order valence-corrected chi connectivity index (χ1v) is 6.77. The van der Waals surface area contributed by atoms with Gasteiger partial charge in [-0.3, -0.25) is 0 Å². The molecule has 1 aliphatic heterocycles. The van der Waals surface area contributed by atoms with E-state index in [1.807, 2.05) is 0 Å². The topological polar surface area (TPSA) is 48.9 Å². The van der Waals surface area contributed by atoms with Gasteiger partial charge in [-0.1, -0.05) is 12.2 Å². The van der Waals surface area contributed by atoms with Gasteiger partial charge in [0.05, 0.1) is 12.1 Å². The fraction of sp³-hybridized carbons (Fsp3) is 0.692. The van der Waals surface area contributed by atoms with E-state index in [1.165, 1.54) is 11.0 Å². The molecule has 5 heteroatoms. The molecule has 0 saturated heterocycles. The van der Waals surface area contributed by atoms with Crippen LogP contribution in [-0.2, 0) is 7.05 Å². The molecule has 0 N–H and O–H groups in total. The zero-order chi connectivity index (χ0) is 12.2. The number of fused-ring (bicyclic) bond motifs is 12. The molecule has 4 bridgehead atoms. The molecule has 2 fully saturated rings. The highest BCUT2D eigenvalue weighted by Gasteiger charge is 2.61. The third-order valence-corrected chi connectivity index (χ3v) is 5.78. The van der Waals surface area contributed by atoms with Crippen LogP contribution in [0.3, 0.4) is 0 Å². The highest BCUT2D eigenvalue weighted by Crippen LogP contribution is 2.64. The fourth-order valence-electron chi connectivity index (χ4n) is 5.25. The number of allylic oxidation sites excluding steroid dienone is 2. The van der Waals surface area contributed by atoms with Gasteiger partial charge < -0.3 is 0 Å². The van der Waals surface area contributed by atoms with Gasteiger partial charge in [0.25, 0.3) is 0 Å². The molecule has 0 spiro atoms. The van der Waals surface area contributed by atoms with Crippen LogP contribution in [0.25, 0.3) is 0 Å². The van der Waals surface area contributed by atoms with E-state index < -0.39 is 0 Å². The minimum absolute atomic E-state index is 0.127. The van der Waals surface area contributed by atoms with E-state index in [4.69, 9.17) is 0 Å². The van der Waals surface area contributed by atoms with Crippen LogP contribution >= 0.6 is 0 Å². The van der Waals surface area contributed by atoms with E-state index >= 15 is 0 Å². The van der Waals surface area contributed by atoms with Crippen LogP contribution in [0.4, 0.5) is 0 Å². The lowest BCUT2D eigenvalue weighted by Crippen LogP contribution is -2.38. The predicted octanol–water partition coefficient (Wildman–Crippen LogP) is 0.286. The smallest absolute Gasteiger partial charge is 0.246 e. The highest BCUT2D eigenvalue weighted by molar-refractivity contribution is 5.21. The maximum Gasteiger partial charge on any atom is 0.347 e. The number of hydrogen-bond donors (Lipinski definition) is 0. The first kappa shape index (κ1) is 9.42. The van der Waals surface area contributed by atoms with Gasteiger partial charge in [0.15, 0.2) is 0 Å². The Bertz CT molecular complexity index is 651. The van der Waals surface area contributed by atoms with E-state index in [0.717, 1.165) is 6.42 Å². The monoisotopic (exact) mass is 245 g/mol. The lowest BCUT2D eigenvalue weighted by Gasteiger charge is -2.33. The lowest BCUT2D eigenvalue weighted by molar-refractivity contribution is 0.176. The zero-order valence-corrected chi connectivity index (χ0v) is 10.2. The van der Waals surface area contributed by atoms with Gasteiger partial charge >= 0.3 is 11.4 Å². The lowest BCUT2D eigenvalue weighted by atomic mass is 9.82. The Hall–Kier alpha value is -1.52. The summed E-state index contributed by atoms with van der Waals surface area (Å²) in [5, 5.41) is 0. The normalized spacial score (nSPS) is 45.8. The van der Waals surface area contributed by atoms with Crippen LogP contribution < -0.4 is 11.4 Å². The van der Waals surface area contributed by atoms with Crippen molar-refractivity contribution in [2.45, 2.75) is 24.9 Å². The summed E-state index contributed by atoms with van der Waals surface area (Å²) < 4.78 is 4.76. The molecule has 5 rings (SSSR count). The van der Waals surface area contributed by atoms with Crippen molar-refractivity contribution in [3.8, 4) is 0 Å². The quantitative estimate of drug-likeness (QED) is 0.487. The molecule has 6 atom stereocenters. The molecule has 0 radical (unpaired) electrons. The van der Waals surface area contributed by atoms with E-state index in [1.54, 1.807) is 16.4 Å². The molecule has 1 aromatic rings. The first-order chi connectivity index (χ1) is 8.68. The van der Waals surface area contributed by atoms with Gasteiger partial charge in [-0.15, -0.1) is 0 Å². The van der Waals surface area contributed by atoms with Crippen LogP contribution in [0, 0.1) is 23.7 Å². The summed E-state index contributed by atoms with van der Waals surface area (Å²) >= 11 is 0. The van der Waals surface area contributed by atoms with Gasteiger partial charge in [0, 0.05) is 7.05 Å². The average molecular weight is 245 g/mol. The molecule has 5 nitrogen and oxygen atoms in total. The molecule has 2 saturated carbocycles. The molecule has 2 heterocycles. The molecule has 0 unspecified atom stereocenters. The second kappa shape index (κ2) is 2.58. The fourth-order valence-corrected chi connectivity index (χ4v) is 5.25. The number of rotatable bonds is 0. The average Bonchev–Trinajstić information content (AvgIpc) is 3.11. The van der Waals surface area contributed by atoms with Crippen LogP contribution in [0.1, 0.15) is 24.9 Å². The first-order valence-electron chi connectivity index (χ1n) is 6.77. The van der Waals surface area contributed by atoms with Crippen molar-refractivity contribution >= 4 is 0 Å². The summed E-state index contributed by atoms with van der Waals surface area (Å²) in [7, 11) is 1.59. The Balaban J connectivity index is 1.80. The van der Waals surface area contributed by atoms with Gasteiger partial charge in [-0.2, -0.15) is 0 Å². The summed E-state index contributed by atoms with van der Waals surface area (Å²) in [6, 6.07) is 0.530. The minimum atomic E-state index is -0.127. The molecule has 0 aromatic carbocycles. The number of aromatic nitrogens is 3. The SMILES string of the molecule is Cn1c(=O)n2n(c1=O)[C@@H]1C[C@@H]2[C@@H]2[C@@H]1[C@H]1C=C[C@H]2C1. The summed E-state index contributed by atoms with van der Waals surface area (Å²) in [6.07, 6.45) is 6.91. The maximum atomic E-state index is 12.2. The molecule has 18 heavy (non-hydrogen) atoms. The second-order valence-corrected chi connectivity index (χ2v) is 6.29. The minimum Gasteiger partial charge on any atom is -0.246 e. The summed E-state index contributed by atoms with van der Waals surface area (Å²) in [6.45, 7) is 0. The Morgan fingerprint density at radius 1 is 0.944 bits per heavy atom. The largest absolute Gasteiger partial charge is 0.347 e. The Kier molecular flexibility index (Phi) is 1.35. The van der Waals surface area contributed by atoms with E-state index in [-0.39, 0.29) is 23.5 Å². The van der Waals surface area contributed by atoms with Crippen molar-refractivity contribution in [1.82, 2.24) is 13.9 Å². The van der Waals surface area contributed by atoms with Crippen molar-refractivity contribution in [3.05, 3.63) is 33.1 Å². The zero-order valence-electron chi connectivity index (χ0n) is 10.2. The Morgan fingerprint density at radius 3 is 1.94 bits per heavy atom. The number of nitrogens with zero attached hydrogens (tertiary/aromatic N) is 3. The van der Waals surface area contributed by atoms with E-state index in [2.05, 4.69) is 12.2 Å². The summed E-state index contributed by atoms with van der Waals surface area (Å²) in [5.41, 5.74) is -0.254. The van der Waals surface area contributed by atoms with E-state index in [9.17, 15) is 9.59 Å². The third-order valence-electron chi connectivity index (χ3n) is 5.78. The number of hydrogen-bond acceptors (Lipinski definition) is 2. The molecule has 0 amide bonds. The van der Waals surface area contributed by atoms with Crippen molar-refractivity contribution in [1.29, 1.82) is 0 Å². The molecule has 3 aliphatic carbocycles. The van der Waals surface area contributed by atoms with Gasteiger partial charge in [-0.25, -0.2) is 23.5 Å². The van der Waals surface area contributed by atoms with Crippen LogP contribution in [0.5, 0.6) is 0 Å². The Labute approximate surface area is 103 Å². The van der Waals surface area contributed by atoms with Crippen molar-refractivity contribution in [2.75, 3.05) is 0 Å². The molecule has 1 aromatic heterocycles. The molecule has 94 valence electrons. The second-order valence-electron chi connectivity index (χ2n) is 6.29. The van der Waals surface area contributed by atoms with Gasteiger partial charge in [0.2, 0.25) is 0 Å². The molecule has 4 aliphatic rings. The molecular formula is C13H15N3O2. The van der Waals surface area contributed by atoms with Crippen molar-refractivity contribution in [2.24, 2.45) is 30.7 Å². The van der Waals surface area contributed by atoms with Crippen molar-refractivity contribution < 1.29 is 0 Å². The standard InChI is InChI=1S/C13H15N3O2/c1-14-12(17)15-8-5-9(16(15)13(14)18)11-7-3-2-6(4-7)10(8)11/h2-3,6-11H,4-5H2,1H3/t6-,7-,8+,9+,10+,11+/m0/s1. The summed E-state index contributed by atoms with van der Waals surface area (Å²) in [5.74, 6) is 2.49. The van der Waals surface area contributed by atoms with Gasteiger partial charge in [0.1, 0.15) is 0 Å². The highest BCUT2D eigenvalue weighted by atomic mass is 16.2. The van der Waals surface area contributed by atoms with E-state index in [0.29, 0.717) is 23.7 Å². The Morgan fingerprint density at radius 2 is 1.44 bits per heavy atom. The van der Waals surface area contributed by atoms with Crippen LogP contribution in [0.15, 0.2) is 21.7 Å². The van der Waals surface area contributed by atoms with Crippen LogP contribution in [-0.4, -0.2) is 13.9 Å².